The molecular formula is C98H92N8O24. The average molecular weight is 1770 g/mol. The highest BCUT2D eigenvalue weighted by Crippen LogP contribution is 2.43. The van der Waals surface area contributed by atoms with Gasteiger partial charge in [0.05, 0.1) is 70.9 Å². The van der Waals surface area contributed by atoms with E-state index >= 15 is 0 Å². The second-order valence-corrected chi connectivity index (χ2v) is 30.2. The van der Waals surface area contributed by atoms with E-state index in [2.05, 4.69) is 81.6 Å². The lowest BCUT2D eigenvalue weighted by Crippen LogP contribution is -2.03. The Morgan fingerprint density at radius 1 is 0.246 bits per heavy atom. The normalized spacial score (nSPS) is 11.4. The lowest BCUT2D eigenvalue weighted by molar-refractivity contribution is 0.0676. The van der Waals surface area contributed by atoms with Crippen molar-refractivity contribution in [1.82, 2.24) is 40.8 Å². The molecule has 0 spiro atoms. The second-order valence-electron chi connectivity index (χ2n) is 30.2. The fraction of sp³-hybridized carbons (Fsp3) is 0.245. The average Bonchev–Trinajstić information content (AvgIpc) is 1.63. The number of carbonyl (C=O) groups is 8. The van der Waals surface area contributed by atoms with Crippen LogP contribution >= 0.6 is 0 Å². The van der Waals surface area contributed by atoms with Crippen molar-refractivity contribution in [1.29, 1.82) is 0 Å². The highest BCUT2D eigenvalue weighted by atomic mass is 16.5. The van der Waals surface area contributed by atoms with E-state index in [-0.39, 0.29) is 144 Å². The summed E-state index contributed by atoms with van der Waals surface area (Å²) in [6.07, 6.45) is 27.3. The van der Waals surface area contributed by atoms with E-state index in [9.17, 15) is 79.2 Å². The molecule has 130 heavy (non-hydrogen) atoms. The molecule has 0 fully saturated rings. The number of nitrogens with zero attached hydrogens (tertiary/aromatic N) is 8. The third kappa shape index (κ3) is 23.4. The molecule has 0 saturated heterocycles. The number of benzene rings is 8. The van der Waals surface area contributed by atoms with Crippen molar-refractivity contribution in [2.24, 2.45) is 0 Å². The highest BCUT2D eigenvalue weighted by Gasteiger charge is 2.28. The first-order chi connectivity index (χ1) is 62.7. The minimum atomic E-state index is -1.44. The summed E-state index contributed by atoms with van der Waals surface area (Å²) in [7, 11) is 0. The summed E-state index contributed by atoms with van der Waals surface area (Å²) in [6.45, 7) is 17.7. The third-order valence-electron chi connectivity index (χ3n) is 20.8. The molecule has 12 rings (SSSR count). The summed E-state index contributed by atoms with van der Waals surface area (Å²) in [5, 5.41) is 116. The number of unbranched alkanes of at least 4 members (excludes halogenated alkanes) is 12. The summed E-state index contributed by atoms with van der Waals surface area (Å²) >= 11 is 0. The molecule has 4 aromatic heterocycles. The Morgan fingerprint density at radius 2 is 0.438 bits per heavy atom. The van der Waals surface area contributed by atoms with Crippen LogP contribution in [-0.2, 0) is 0 Å². The number of rotatable bonds is 48. The highest BCUT2D eigenvalue weighted by molar-refractivity contribution is 6.00. The maximum absolute atomic E-state index is 12.6. The van der Waals surface area contributed by atoms with Crippen LogP contribution in [0.5, 0.6) is 23.0 Å². The minimum absolute atomic E-state index is 0.0309. The zero-order chi connectivity index (χ0) is 92.7. The second kappa shape index (κ2) is 43.7. The molecule has 32 nitrogen and oxygen atoms in total. The monoisotopic (exact) mass is 1760 g/mol. The quantitative estimate of drug-likeness (QED) is 0.0130. The lowest BCUT2D eigenvalue weighted by atomic mass is 9.95. The third-order valence-corrected chi connectivity index (χ3v) is 20.8. The molecule has 8 N–H and O–H groups in total. The maximum atomic E-state index is 12.6. The van der Waals surface area contributed by atoms with Crippen molar-refractivity contribution >= 4 is 96.4 Å². The predicted octanol–water partition coefficient (Wildman–Crippen LogP) is 21.8. The lowest BCUT2D eigenvalue weighted by Gasteiger charge is -2.16. The maximum Gasteiger partial charge on any atom is 0.335 e. The fourth-order valence-electron chi connectivity index (χ4n) is 14.0. The van der Waals surface area contributed by atoms with Gasteiger partial charge in [-0.05, 0) is 169 Å². The SMILES string of the molecule is C=Cc1cc(OCCCCCC)c(/C=C/c2cc(-c3nnc(-c4cc(C(=O)O)cc(C(=O)O)c4)o3)c(/C=C/c3cc(OCCCCCC)c(/C=C/c4cc(-c5nnc(-c6cc(C(=O)O)cc(C(=O)O)c6)o5)c(C=C)cc4-c4nnc(-c5cc(C(=O)O)cc(C(=O)O)c5)o4)cc3OCCCCCC)cc2-c2nnc(-c3cc(C(=O)O)cc(C(=O)O)c3)o2)cc1OCCCCCC. The molecule has 0 aliphatic carbocycles. The Morgan fingerprint density at radius 3 is 0.654 bits per heavy atom. The van der Waals surface area contributed by atoms with E-state index in [0.29, 0.717) is 88.0 Å². The summed E-state index contributed by atoms with van der Waals surface area (Å²) < 4.78 is 52.3. The first-order valence-corrected chi connectivity index (χ1v) is 42.1. The standard InChI is InChI=1S/C98H92N8O24/c1-7-13-17-21-31-123-79-52-60(80(51-56(79)12-6)124-32-22-18-14-8-2)28-26-58-49-78(90-106-102-86(130-90)66-41-73(97(119)120)46-74(42-66)98(121)122)59(50-77(58)89-105-101-85(129-89)65-39-71(95(115)116)45-72(40-65)96(117)118)27-30-62-54-81(125-33-23-19-15-9-3)61(53-82(62)126-34-24-20-16-10-4)29-25-57-48-75(87-103-99-83(127-87)63-35-67(91(107)108)43-68(36-63)92(109)110)55(11-5)47-76(57)88-104-100-84(128-88)64-37-69(93(111)112)44-70(38-64)94(113)114/h11-12,25-30,35-54H,5-10,13-24,31-34H2,1-4H3,(H,107,108)(H,109,110)(H,111,112)(H,113,114)(H,115,116)(H,117,118)(H,119,120)(H,121,122)/b28-26+,29-25+,30-27+. The molecule has 0 bridgehead atoms. The van der Waals surface area contributed by atoms with Gasteiger partial charge in [-0.15, -0.1) is 40.8 Å². The zero-order valence-corrected chi connectivity index (χ0v) is 71.4. The molecule has 0 aliphatic heterocycles. The molecule has 668 valence electrons. The molecule has 0 aliphatic rings. The van der Waals surface area contributed by atoms with Crippen LogP contribution in [0, 0.1) is 0 Å². The van der Waals surface area contributed by atoms with Gasteiger partial charge in [-0.1, -0.05) is 167 Å². The van der Waals surface area contributed by atoms with Gasteiger partial charge in [-0.25, -0.2) is 38.4 Å². The number of hydrogen-bond donors (Lipinski definition) is 8. The summed E-state index contributed by atoms with van der Waals surface area (Å²) in [4.78, 5) is 99.5. The van der Waals surface area contributed by atoms with Crippen LogP contribution in [0.25, 0.3) is 140 Å². The number of hydrogen-bond acceptors (Lipinski definition) is 24. The molecule has 0 amide bonds. The van der Waals surface area contributed by atoms with Gasteiger partial charge in [-0.3, -0.25) is 0 Å². The fourth-order valence-corrected chi connectivity index (χ4v) is 14.0. The molecule has 0 saturated carbocycles. The molecule has 0 unspecified atom stereocenters. The van der Waals surface area contributed by atoms with Gasteiger partial charge in [0.15, 0.2) is 0 Å². The van der Waals surface area contributed by atoms with Crippen LogP contribution < -0.4 is 18.9 Å². The van der Waals surface area contributed by atoms with E-state index in [4.69, 9.17) is 36.6 Å². The van der Waals surface area contributed by atoms with Gasteiger partial charge in [-0.2, -0.15) is 0 Å². The van der Waals surface area contributed by atoms with Crippen molar-refractivity contribution in [2.45, 2.75) is 130 Å². The van der Waals surface area contributed by atoms with Crippen LogP contribution in [0.2, 0.25) is 0 Å². The Hall–Kier alpha value is -16.0. The Bertz CT molecular complexity index is 6250. The smallest absolute Gasteiger partial charge is 0.335 e. The Balaban J connectivity index is 1.09. The first-order valence-electron chi connectivity index (χ1n) is 42.1. The number of carboxylic acids is 8. The van der Waals surface area contributed by atoms with Crippen LogP contribution in [0.1, 0.15) is 258 Å². The van der Waals surface area contributed by atoms with Gasteiger partial charge in [0, 0.05) is 66.8 Å². The number of aromatic carboxylic acids is 8. The van der Waals surface area contributed by atoms with Gasteiger partial charge in [0.2, 0.25) is 47.1 Å². The van der Waals surface area contributed by atoms with Gasteiger partial charge in [0.25, 0.3) is 0 Å². The largest absolute Gasteiger partial charge is 0.493 e. The van der Waals surface area contributed by atoms with Crippen LogP contribution in [0.15, 0.2) is 152 Å². The number of ether oxygens (including phenoxy) is 4. The topological polar surface area (TPSA) is 491 Å². The van der Waals surface area contributed by atoms with E-state index in [1.54, 1.807) is 78.9 Å². The van der Waals surface area contributed by atoms with Crippen molar-refractivity contribution in [3.63, 3.8) is 0 Å². The Kier molecular flexibility index (Phi) is 31.3. The van der Waals surface area contributed by atoms with Gasteiger partial charge >= 0.3 is 47.8 Å². The van der Waals surface area contributed by atoms with Crippen LogP contribution in [-0.4, -0.2) is 156 Å². The van der Waals surface area contributed by atoms with Gasteiger partial charge < -0.3 is 77.5 Å². The summed E-state index contributed by atoms with van der Waals surface area (Å²) in [5.41, 5.74) is 0.930. The predicted molar refractivity (Wildman–Crippen MR) is 482 cm³/mol. The molecule has 0 radical (unpaired) electrons. The van der Waals surface area contributed by atoms with E-state index < -0.39 is 58.9 Å². The van der Waals surface area contributed by atoms with E-state index in [0.717, 1.165) is 114 Å². The molecule has 32 heteroatoms. The Labute approximate surface area is 744 Å². The van der Waals surface area contributed by atoms with Crippen molar-refractivity contribution in [2.75, 3.05) is 26.4 Å². The molecule has 0 atom stereocenters. The van der Waals surface area contributed by atoms with Gasteiger partial charge in [0.1, 0.15) is 23.0 Å². The van der Waals surface area contributed by atoms with Crippen LogP contribution in [0.4, 0.5) is 0 Å². The molecule has 8 aromatic carbocycles. The van der Waals surface area contributed by atoms with Crippen molar-refractivity contribution in [3.8, 4) is 115 Å². The van der Waals surface area contributed by atoms with Crippen molar-refractivity contribution in [3.05, 3.63) is 224 Å². The summed E-state index contributed by atoms with van der Waals surface area (Å²) in [6, 6.07) is 27.2. The van der Waals surface area contributed by atoms with E-state index in [1.807, 2.05) is 12.1 Å². The van der Waals surface area contributed by atoms with E-state index in [1.165, 1.54) is 54.6 Å². The first kappa shape index (κ1) is 93.1. The molecule has 12 aromatic rings. The zero-order valence-electron chi connectivity index (χ0n) is 71.4. The minimum Gasteiger partial charge on any atom is -0.493 e. The number of aromatic nitrogens is 8. The summed E-state index contributed by atoms with van der Waals surface area (Å²) in [5.74, 6) is -11.6. The number of carboxylic acid groups (broad SMARTS) is 8. The van der Waals surface area contributed by atoms with Crippen molar-refractivity contribution < 1.29 is 116 Å². The molecular weight excluding hydrogens is 1670 g/mol. The molecule has 4 heterocycles. The van der Waals surface area contributed by atoms with Crippen LogP contribution in [0.3, 0.4) is 0 Å².